The van der Waals surface area contributed by atoms with E-state index < -0.39 is 0 Å². The first-order chi connectivity index (χ1) is 8.66. The first kappa shape index (κ1) is 12.0. The molecule has 0 amide bonds. The molecule has 0 aromatic heterocycles. The van der Waals surface area contributed by atoms with E-state index in [4.69, 9.17) is 0 Å². The minimum Gasteiger partial charge on any atom is -0.303 e. The molecule has 0 N–H and O–H groups in total. The molecule has 96 valence electrons. The van der Waals surface area contributed by atoms with Gasteiger partial charge in [0.25, 0.3) is 0 Å². The molecular formula is C17H22O. The van der Waals surface area contributed by atoms with Gasteiger partial charge in [-0.1, -0.05) is 37.3 Å². The maximum Gasteiger partial charge on any atom is 0.120 e. The summed E-state index contributed by atoms with van der Waals surface area (Å²) in [4.78, 5) is 11.1. The van der Waals surface area contributed by atoms with Crippen molar-refractivity contribution in [1.29, 1.82) is 0 Å². The second-order valence-electron chi connectivity index (χ2n) is 6.80. The highest BCUT2D eigenvalue weighted by Crippen LogP contribution is 2.65. The predicted molar refractivity (Wildman–Crippen MR) is 73.3 cm³/mol. The molecule has 0 unspecified atom stereocenters. The SMILES string of the molecule is C[C@]12CC[C@H]1C[C@](CC=O)(Cc1ccccc1)C2. The third kappa shape index (κ3) is 1.90. The summed E-state index contributed by atoms with van der Waals surface area (Å²) in [7, 11) is 0. The standard InChI is InChI=1S/C17H22O/c1-16-8-7-15(16)12-17(13-16,9-10-18)11-14-5-3-2-4-6-14/h2-6,10,15H,7-9,11-13H2,1H3/t15-,16+,17-/m0/s1. The summed E-state index contributed by atoms with van der Waals surface area (Å²) in [5.41, 5.74) is 2.18. The molecule has 3 atom stereocenters. The number of hydrogen-bond acceptors (Lipinski definition) is 1. The van der Waals surface area contributed by atoms with E-state index in [1.807, 2.05) is 0 Å². The second-order valence-corrected chi connectivity index (χ2v) is 6.80. The summed E-state index contributed by atoms with van der Waals surface area (Å²) < 4.78 is 0. The van der Waals surface area contributed by atoms with Crippen LogP contribution in [0.15, 0.2) is 30.3 Å². The van der Waals surface area contributed by atoms with Gasteiger partial charge in [-0.05, 0) is 54.4 Å². The van der Waals surface area contributed by atoms with Gasteiger partial charge in [0.15, 0.2) is 0 Å². The Balaban J connectivity index is 1.82. The van der Waals surface area contributed by atoms with E-state index in [-0.39, 0.29) is 5.41 Å². The van der Waals surface area contributed by atoms with E-state index in [1.54, 1.807) is 0 Å². The fourth-order valence-electron chi connectivity index (χ4n) is 4.44. The molecule has 2 aliphatic carbocycles. The van der Waals surface area contributed by atoms with Crippen LogP contribution in [0.5, 0.6) is 0 Å². The Morgan fingerprint density at radius 3 is 2.61 bits per heavy atom. The Morgan fingerprint density at radius 1 is 1.33 bits per heavy atom. The van der Waals surface area contributed by atoms with E-state index in [0.29, 0.717) is 5.41 Å². The normalized spacial score (nSPS) is 37.9. The van der Waals surface area contributed by atoms with Crippen LogP contribution in [0.25, 0.3) is 0 Å². The number of carbonyl (C=O) groups is 1. The number of carbonyl (C=O) groups excluding carboxylic acids is 1. The molecule has 3 rings (SSSR count). The summed E-state index contributed by atoms with van der Waals surface area (Å²) in [5, 5.41) is 0. The molecule has 2 saturated carbocycles. The van der Waals surface area contributed by atoms with Crippen molar-refractivity contribution in [3.05, 3.63) is 35.9 Å². The zero-order valence-corrected chi connectivity index (χ0v) is 11.2. The molecule has 1 nitrogen and oxygen atoms in total. The van der Waals surface area contributed by atoms with E-state index in [0.717, 1.165) is 25.0 Å². The monoisotopic (exact) mass is 242 g/mol. The molecule has 0 bridgehead atoms. The van der Waals surface area contributed by atoms with Crippen LogP contribution in [0.2, 0.25) is 0 Å². The quantitative estimate of drug-likeness (QED) is 0.729. The molecule has 0 radical (unpaired) electrons. The largest absolute Gasteiger partial charge is 0.303 e. The van der Waals surface area contributed by atoms with Gasteiger partial charge in [0.2, 0.25) is 0 Å². The molecule has 0 heterocycles. The van der Waals surface area contributed by atoms with Crippen molar-refractivity contribution in [3.8, 4) is 0 Å². The topological polar surface area (TPSA) is 17.1 Å². The average molecular weight is 242 g/mol. The van der Waals surface area contributed by atoms with Gasteiger partial charge in [-0.15, -0.1) is 0 Å². The smallest absolute Gasteiger partial charge is 0.120 e. The number of hydrogen-bond donors (Lipinski definition) is 0. The minimum atomic E-state index is 0.249. The zero-order chi connectivity index (χ0) is 12.6. The number of fused-ring (bicyclic) bond motifs is 1. The Hall–Kier alpha value is -1.11. The maximum absolute atomic E-state index is 11.1. The van der Waals surface area contributed by atoms with Crippen LogP contribution >= 0.6 is 0 Å². The second kappa shape index (κ2) is 4.22. The zero-order valence-electron chi connectivity index (χ0n) is 11.2. The lowest BCUT2D eigenvalue weighted by atomic mass is 9.63. The first-order valence-corrected chi connectivity index (χ1v) is 7.13. The van der Waals surface area contributed by atoms with E-state index in [9.17, 15) is 4.79 Å². The van der Waals surface area contributed by atoms with Crippen molar-refractivity contribution in [2.75, 3.05) is 0 Å². The highest BCUT2D eigenvalue weighted by atomic mass is 16.1. The van der Waals surface area contributed by atoms with Gasteiger partial charge in [-0.2, -0.15) is 0 Å². The number of benzene rings is 1. The molecule has 18 heavy (non-hydrogen) atoms. The predicted octanol–water partition coefficient (Wildman–Crippen LogP) is 4.01. The van der Waals surface area contributed by atoms with Crippen LogP contribution in [0.3, 0.4) is 0 Å². The molecule has 1 aromatic rings. The molecule has 0 saturated heterocycles. The van der Waals surface area contributed by atoms with E-state index in [2.05, 4.69) is 37.3 Å². The molecule has 0 spiro atoms. The lowest BCUT2D eigenvalue weighted by Gasteiger charge is -2.42. The van der Waals surface area contributed by atoms with E-state index >= 15 is 0 Å². The summed E-state index contributed by atoms with van der Waals surface area (Å²) in [5.74, 6) is 0.876. The lowest BCUT2D eigenvalue weighted by molar-refractivity contribution is -0.109. The Labute approximate surface area is 110 Å². The minimum absolute atomic E-state index is 0.249. The van der Waals surface area contributed by atoms with Crippen LogP contribution in [0.4, 0.5) is 0 Å². The van der Waals surface area contributed by atoms with Crippen molar-refractivity contribution < 1.29 is 4.79 Å². The summed E-state index contributed by atoms with van der Waals surface area (Å²) in [6.07, 6.45) is 8.23. The van der Waals surface area contributed by atoms with Gasteiger partial charge in [0.1, 0.15) is 6.29 Å². The molecule has 0 aliphatic heterocycles. The first-order valence-electron chi connectivity index (χ1n) is 7.13. The summed E-state index contributed by atoms with van der Waals surface area (Å²) >= 11 is 0. The average Bonchev–Trinajstić information content (AvgIpc) is 2.53. The van der Waals surface area contributed by atoms with Crippen LogP contribution in [0, 0.1) is 16.7 Å². The van der Waals surface area contributed by atoms with Crippen LogP contribution in [-0.4, -0.2) is 6.29 Å². The highest BCUT2D eigenvalue weighted by Gasteiger charge is 2.55. The number of aldehydes is 1. The van der Waals surface area contributed by atoms with Crippen molar-refractivity contribution in [1.82, 2.24) is 0 Å². The molecular weight excluding hydrogens is 220 g/mol. The Morgan fingerprint density at radius 2 is 2.11 bits per heavy atom. The van der Waals surface area contributed by atoms with E-state index in [1.165, 1.54) is 31.2 Å². The van der Waals surface area contributed by atoms with Crippen molar-refractivity contribution in [2.45, 2.75) is 45.4 Å². The molecule has 1 heteroatoms. The highest BCUT2D eigenvalue weighted by molar-refractivity contribution is 5.51. The summed E-state index contributed by atoms with van der Waals surface area (Å²) in [6, 6.07) is 10.7. The number of rotatable bonds is 4. The fourth-order valence-corrected chi connectivity index (χ4v) is 4.44. The third-order valence-electron chi connectivity index (χ3n) is 5.45. The van der Waals surface area contributed by atoms with Crippen molar-refractivity contribution in [3.63, 3.8) is 0 Å². The van der Waals surface area contributed by atoms with Gasteiger partial charge in [0, 0.05) is 6.42 Å². The molecule has 2 fully saturated rings. The summed E-state index contributed by atoms with van der Waals surface area (Å²) in [6.45, 7) is 2.43. The van der Waals surface area contributed by atoms with Crippen LogP contribution < -0.4 is 0 Å². The van der Waals surface area contributed by atoms with Gasteiger partial charge < -0.3 is 4.79 Å². The van der Waals surface area contributed by atoms with Gasteiger partial charge in [-0.3, -0.25) is 0 Å². The molecule has 1 aromatic carbocycles. The lowest BCUT2D eigenvalue weighted by Crippen LogP contribution is -2.32. The van der Waals surface area contributed by atoms with Gasteiger partial charge >= 0.3 is 0 Å². The molecule has 2 aliphatic rings. The van der Waals surface area contributed by atoms with Crippen molar-refractivity contribution >= 4 is 6.29 Å². The third-order valence-corrected chi connectivity index (χ3v) is 5.45. The Bertz CT molecular complexity index is 438. The van der Waals surface area contributed by atoms with Crippen LogP contribution in [0.1, 0.15) is 44.6 Å². The van der Waals surface area contributed by atoms with Crippen LogP contribution in [-0.2, 0) is 11.2 Å². The Kier molecular flexibility index (Phi) is 2.80. The van der Waals surface area contributed by atoms with Gasteiger partial charge in [-0.25, -0.2) is 0 Å². The van der Waals surface area contributed by atoms with Crippen molar-refractivity contribution in [2.24, 2.45) is 16.7 Å². The fraction of sp³-hybridized carbons (Fsp3) is 0.588. The maximum atomic E-state index is 11.1. The van der Waals surface area contributed by atoms with Gasteiger partial charge in [0.05, 0.1) is 0 Å².